The van der Waals surface area contributed by atoms with Crippen molar-refractivity contribution in [2.24, 2.45) is 0 Å². The van der Waals surface area contributed by atoms with Gasteiger partial charge in [0.2, 0.25) is 0 Å². The fourth-order valence-corrected chi connectivity index (χ4v) is 1.52. The van der Waals surface area contributed by atoms with E-state index in [1.807, 2.05) is 6.92 Å². The Kier molecular flexibility index (Phi) is 3.23. The van der Waals surface area contributed by atoms with E-state index < -0.39 is 6.10 Å². The van der Waals surface area contributed by atoms with Crippen LogP contribution in [0.4, 0.5) is 0 Å². The molecule has 1 heterocycles. The molecule has 0 bridgehead atoms. The molecule has 12 heavy (non-hydrogen) atoms. The topological polar surface area (TPSA) is 46.5 Å². The molecule has 3 heteroatoms. The number of hydrogen-bond acceptors (Lipinski definition) is 3. The van der Waals surface area contributed by atoms with Gasteiger partial charge >= 0.3 is 0 Å². The zero-order chi connectivity index (χ0) is 9.14. The van der Waals surface area contributed by atoms with Gasteiger partial charge in [-0.25, -0.2) is 0 Å². The number of Topliss-reactive ketones (excluding diaryl/α,β-unsaturated/α-hetero) is 1. The summed E-state index contributed by atoms with van der Waals surface area (Å²) < 4.78 is 5.44. The van der Waals surface area contributed by atoms with Crippen molar-refractivity contribution in [3.05, 3.63) is 0 Å². The average molecular weight is 172 g/mol. The maximum atomic E-state index is 10.8. The Hall–Kier alpha value is -0.410. The standard InChI is InChI=1S/C9H16O3/c1-6(10)5-9-8(11)4-3-7(2)12-9/h7-9,11H,3-5H2,1-2H3/t7-,8-,9+/m1/s1. The van der Waals surface area contributed by atoms with Crippen LogP contribution in [0.1, 0.15) is 33.1 Å². The molecule has 1 rings (SSSR count). The molecule has 0 aliphatic carbocycles. The summed E-state index contributed by atoms with van der Waals surface area (Å²) >= 11 is 0. The molecule has 0 aromatic heterocycles. The van der Waals surface area contributed by atoms with E-state index in [1.54, 1.807) is 0 Å². The smallest absolute Gasteiger partial charge is 0.132 e. The van der Waals surface area contributed by atoms with Gasteiger partial charge in [0.25, 0.3) is 0 Å². The molecular formula is C9H16O3. The number of ketones is 1. The summed E-state index contributed by atoms with van der Waals surface area (Å²) in [4.78, 5) is 10.8. The van der Waals surface area contributed by atoms with Crippen LogP contribution in [0.3, 0.4) is 0 Å². The van der Waals surface area contributed by atoms with E-state index in [4.69, 9.17) is 4.74 Å². The highest BCUT2D eigenvalue weighted by Crippen LogP contribution is 2.21. The van der Waals surface area contributed by atoms with Crippen LogP contribution in [0.2, 0.25) is 0 Å². The van der Waals surface area contributed by atoms with Crippen LogP contribution in [0.25, 0.3) is 0 Å². The van der Waals surface area contributed by atoms with Crippen LogP contribution in [0, 0.1) is 0 Å². The van der Waals surface area contributed by atoms with Crippen molar-refractivity contribution in [2.45, 2.75) is 51.4 Å². The van der Waals surface area contributed by atoms with Crippen molar-refractivity contribution in [3.63, 3.8) is 0 Å². The number of ether oxygens (including phenoxy) is 1. The molecule has 3 atom stereocenters. The molecule has 1 fully saturated rings. The fourth-order valence-electron chi connectivity index (χ4n) is 1.52. The summed E-state index contributed by atoms with van der Waals surface area (Å²) in [5, 5.41) is 9.46. The van der Waals surface area contributed by atoms with E-state index in [0.29, 0.717) is 6.42 Å². The van der Waals surface area contributed by atoms with Crippen LogP contribution in [0.5, 0.6) is 0 Å². The summed E-state index contributed by atoms with van der Waals surface area (Å²) in [5.74, 6) is 0.0770. The van der Waals surface area contributed by atoms with E-state index >= 15 is 0 Å². The Morgan fingerprint density at radius 2 is 2.25 bits per heavy atom. The van der Waals surface area contributed by atoms with Crippen LogP contribution in [-0.2, 0) is 9.53 Å². The third-order valence-corrected chi connectivity index (χ3v) is 2.19. The maximum absolute atomic E-state index is 10.8. The molecule has 0 unspecified atom stereocenters. The van der Waals surface area contributed by atoms with Gasteiger partial charge in [0.15, 0.2) is 0 Å². The molecular weight excluding hydrogens is 156 g/mol. The second kappa shape index (κ2) is 4.01. The normalized spacial score (nSPS) is 36.4. The molecule has 1 aliphatic rings. The summed E-state index contributed by atoms with van der Waals surface area (Å²) in [6, 6.07) is 0. The minimum Gasteiger partial charge on any atom is -0.390 e. The molecule has 0 aromatic rings. The molecule has 70 valence electrons. The van der Waals surface area contributed by atoms with E-state index in [-0.39, 0.29) is 18.0 Å². The van der Waals surface area contributed by atoms with Crippen LogP contribution in [0.15, 0.2) is 0 Å². The lowest BCUT2D eigenvalue weighted by Crippen LogP contribution is -2.38. The van der Waals surface area contributed by atoms with Crippen molar-refractivity contribution >= 4 is 5.78 Å². The molecule has 1 N–H and O–H groups in total. The molecule has 0 amide bonds. The third kappa shape index (κ3) is 2.57. The van der Waals surface area contributed by atoms with Crippen LogP contribution < -0.4 is 0 Å². The quantitative estimate of drug-likeness (QED) is 0.673. The van der Waals surface area contributed by atoms with Crippen molar-refractivity contribution in [3.8, 4) is 0 Å². The predicted molar refractivity (Wildman–Crippen MR) is 44.9 cm³/mol. The molecule has 1 saturated heterocycles. The summed E-state index contributed by atoms with van der Waals surface area (Å²) in [5.41, 5.74) is 0. The lowest BCUT2D eigenvalue weighted by molar-refractivity contribution is -0.135. The van der Waals surface area contributed by atoms with E-state index in [2.05, 4.69) is 0 Å². The molecule has 1 aliphatic heterocycles. The van der Waals surface area contributed by atoms with Gasteiger partial charge in [-0.15, -0.1) is 0 Å². The highest BCUT2D eigenvalue weighted by molar-refractivity contribution is 5.76. The first-order chi connectivity index (χ1) is 5.59. The Balaban J connectivity index is 2.43. The van der Waals surface area contributed by atoms with E-state index in [9.17, 15) is 9.90 Å². The molecule has 0 spiro atoms. The Morgan fingerprint density at radius 1 is 1.58 bits per heavy atom. The van der Waals surface area contributed by atoms with Gasteiger partial charge in [-0.1, -0.05) is 0 Å². The van der Waals surface area contributed by atoms with Crippen molar-refractivity contribution in [1.82, 2.24) is 0 Å². The highest BCUT2D eigenvalue weighted by Gasteiger charge is 2.28. The summed E-state index contributed by atoms with van der Waals surface area (Å²) in [7, 11) is 0. The minimum absolute atomic E-state index is 0.0770. The van der Waals surface area contributed by atoms with Gasteiger partial charge in [-0.2, -0.15) is 0 Å². The molecule has 0 aromatic carbocycles. The van der Waals surface area contributed by atoms with Crippen LogP contribution >= 0.6 is 0 Å². The number of carbonyl (C=O) groups excluding carboxylic acids is 1. The lowest BCUT2D eigenvalue weighted by Gasteiger charge is -2.31. The van der Waals surface area contributed by atoms with Gasteiger partial charge in [-0.05, 0) is 26.7 Å². The zero-order valence-electron chi connectivity index (χ0n) is 7.62. The van der Waals surface area contributed by atoms with Crippen molar-refractivity contribution in [1.29, 1.82) is 0 Å². The summed E-state index contributed by atoms with van der Waals surface area (Å²) in [6.07, 6.45) is 1.43. The number of aliphatic hydroxyl groups excluding tert-OH is 1. The first-order valence-electron chi connectivity index (χ1n) is 4.42. The molecule has 0 radical (unpaired) electrons. The third-order valence-electron chi connectivity index (χ3n) is 2.19. The van der Waals surface area contributed by atoms with Gasteiger partial charge in [-0.3, -0.25) is 4.79 Å². The van der Waals surface area contributed by atoms with Gasteiger partial charge < -0.3 is 9.84 Å². The number of rotatable bonds is 2. The predicted octanol–water partition coefficient (Wildman–Crippen LogP) is 0.894. The Morgan fingerprint density at radius 3 is 2.83 bits per heavy atom. The SMILES string of the molecule is CC(=O)C[C@@H]1O[C@H](C)CC[C@H]1O. The first-order valence-corrected chi connectivity index (χ1v) is 4.42. The Labute approximate surface area is 72.7 Å². The van der Waals surface area contributed by atoms with Gasteiger partial charge in [0.1, 0.15) is 5.78 Å². The fraction of sp³-hybridized carbons (Fsp3) is 0.889. The number of carbonyl (C=O) groups is 1. The van der Waals surface area contributed by atoms with Crippen molar-refractivity contribution < 1.29 is 14.6 Å². The molecule has 0 saturated carbocycles. The summed E-state index contributed by atoms with van der Waals surface area (Å²) in [6.45, 7) is 3.49. The minimum atomic E-state index is -0.454. The lowest BCUT2D eigenvalue weighted by atomic mass is 9.98. The number of hydrogen-bond donors (Lipinski definition) is 1. The number of aliphatic hydroxyl groups is 1. The maximum Gasteiger partial charge on any atom is 0.132 e. The van der Waals surface area contributed by atoms with Crippen LogP contribution in [-0.4, -0.2) is 29.2 Å². The van der Waals surface area contributed by atoms with E-state index in [1.165, 1.54) is 6.92 Å². The molecule has 3 nitrogen and oxygen atoms in total. The Bertz CT molecular complexity index is 167. The largest absolute Gasteiger partial charge is 0.390 e. The average Bonchev–Trinajstić information content (AvgIpc) is 1.96. The van der Waals surface area contributed by atoms with Gasteiger partial charge in [0.05, 0.1) is 18.3 Å². The van der Waals surface area contributed by atoms with Crippen molar-refractivity contribution in [2.75, 3.05) is 0 Å². The van der Waals surface area contributed by atoms with Gasteiger partial charge in [0, 0.05) is 6.42 Å². The highest BCUT2D eigenvalue weighted by atomic mass is 16.5. The second-order valence-electron chi connectivity index (χ2n) is 3.54. The first kappa shape index (κ1) is 9.68. The zero-order valence-corrected chi connectivity index (χ0v) is 7.62. The van der Waals surface area contributed by atoms with E-state index in [0.717, 1.165) is 12.8 Å². The monoisotopic (exact) mass is 172 g/mol. The second-order valence-corrected chi connectivity index (χ2v) is 3.54.